The van der Waals surface area contributed by atoms with E-state index in [1.807, 2.05) is 5.32 Å². The lowest BCUT2D eigenvalue weighted by atomic mass is 10.2. The highest BCUT2D eigenvalue weighted by Gasteiger charge is 2.29. The van der Waals surface area contributed by atoms with Gasteiger partial charge in [-0.2, -0.15) is 0 Å². The van der Waals surface area contributed by atoms with Gasteiger partial charge >= 0.3 is 6.09 Å². The smallest absolute Gasteiger partial charge is 0.407 e. The molecule has 0 aliphatic rings. The van der Waals surface area contributed by atoms with Crippen LogP contribution < -0.4 is 5.32 Å². The zero-order valence-corrected chi connectivity index (χ0v) is 9.68. The Morgan fingerprint density at radius 1 is 1.38 bits per heavy atom. The minimum atomic E-state index is -3.09. The Labute approximate surface area is 93.3 Å². The molecule has 0 atom stereocenters. The van der Waals surface area contributed by atoms with E-state index < -0.39 is 30.6 Å². The minimum Gasteiger partial charge on any atom is -0.444 e. The molecule has 0 fully saturated rings. The molecule has 0 aromatic rings. The molecule has 16 heavy (non-hydrogen) atoms. The molecule has 0 aliphatic carbocycles. The summed E-state index contributed by atoms with van der Waals surface area (Å²) in [5.41, 5.74) is -0.720. The van der Waals surface area contributed by atoms with Crippen LogP contribution in [0.25, 0.3) is 0 Å². The van der Waals surface area contributed by atoms with E-state index in [1.165, 1.54) is 0 Å². The van der Waals surface area contributed by atoms with E-state index >= 15 is 0 Å². The zero-order chi connectivity index (χ0) is 12.8. The van der Waals surface area contributed by atoms with Gasteiger partial charge in [0, 0.05) is 12.8 Å². The number of carbonyl (C=O) groups excluding carboxylic acids is 2. The molecule has 0 spiro atoms. The Bertz CT molecular complexity index is 249. The molecular weight excluding hydrogens is 220 g/mol. The molecule has 1 N–H and O–H groups in total. The summed E-state index contributed by atoms with van der Waals surface area (Å²) in [6.07, 6.45) is -1.28. The molecule has 0 saturated carbocycles. The van der Waals surface area contributed by atoms with Crippen molar-refractivity contribution in [2.24, 2.45) is 0 Å². The number of amides is 1. The maximum absolute atomic E-state index is 13.0. The number of carbonyl (C=O) groups is 2. The number of hydrogen-bond donors (Lipinski definition) is 1. The SMILES string of the molecule is CC(C)(C)OC(=O)NCC(F)(F)CCC=O. The van der Waals surface area contributed by atoms with E-state index in [9.17, 15) is 18.4 Å². The van der Waals surface area contributed by atoms with Crippen LogP contribution in [-0.2, 0) is 9.53 Å². The maximum atomic E-state index is 13.0. The number of alkyl carbamates (subject to hydrolysis) is 1. The third-order valence-corrected chi connectivity index (χ3v) is 1.52. The number of nitrogens with one attached hydrogen (secondary N) is 1. The molecule has 0 saturated heterocycles. The van der Waals surface area contributed by atoms with Gasteiger partial charge in [0.25, 0.3) is 5.92 Å². The zero-order valence-electron chi connectivity index (χ0n) is 9.68. The van der Waals surface area contributed by atoms with Crippen LogP contribution in [0.15, 0.2) is 0 Å². The molecule has 1 amide bonds. The molecule has 4 nitrogen and oxygen atoms in total. The fraction of sp³-hybridized carbons (Fsp3) is 0.800. The van der Waals surface area contributed by atoms with Crippen LogP contribution in [0.4, 0.5) is 13.6 Å². The first-order chi connectivity index (χ1) is 7.16. The van der Waals surface area contributed by atoms with Gasteiger partial charge in [-0.25, -0.2) is 13.6 Å². The van der Waals surface area contributed by atoms with Gasteiger partial charge in [0.15, 0.2) is 0 Å². The summed E-state index contributed by atoms with van der Waals surface area (Å²) in [5, 5.41) is 1.96. The second-order valence-electron chi connectivity index (χ2n) is 4.42. The van der Waals surface area contributed by atoms with Gasteiger partial charge in [0.1, 0.15) is 11.9 Å². The third-order valence-electron chi connectivity index (χ3n) is 1.52. The Morgan fingerprint density at radius 2 is 1.94 bits per heavy atom. The second-order valence-corrected chi connectivity index (χ2v) is 4.42. The fourth-order valence-electron chi connectivity index (χ4n) is 0.874. The molecule has 0 unspecified atom stereocenters. The van der Waals surface area contributed by atoms with E-state index in [2.05, 4.69) is 0 Å². The van der Waals surface area contributed by atoms with Gasteiger partial charge in [-0.05, 0) is 20.8 Å². The second kappa shape index (κ2) is 5.77. The lowest BCUT2D eigenvalue weighted by Crippen LogP contribution is -2.39. The summed E-state index contributed by atoms with van der Waals surface area (Å²) in [6, 6.07) is 0. The van der Waals surface area contributed by atoms with Crippen molar-refractivity contribution in [1.82, 2.24) is 5.32 Å². The van der Waals surface area contributed by atoms with Crippen LogP contribution in [0.5, 0.6) is 0 Å². The minimum absolute atomic E-state index is 0.233. The number of rotatable bonds is 5. The molecule has 0 aromatic heterocycles. The normalized spacial score (nSPS) is 12.1. The van der Waals surface area contributed by atoms with Gasteiger partial charge in [-0.1, -0.05) is 0 Å². The lowest BCUT2D eigenvalue weighted by molar-refractivity contribution is -0.109. The highest BCUT2D eigenvalue weighted by atomic mass is 19.3. The van der Waals surface area contributed by atoms with Gasteiger partial charge in [0.05, 0.1) is 6.54 Å². The van der Waals surface area contributed by atoms with E-state index in [4.69, 9.17) is 4.74 Å². The van der Waals surface area contributed by atoms with Gasteiger partial charge in [0.2, 0.25) is 0 Å². The molecule has 0 radical (unpaired) electrons. The largest absolute Gasteiger partial charge is 0.444 e. The number of hydrogen-bond acceptors (Lipinski definition) is 3. The van der Waals surface area contributed by atoms with Gasteiger partial charge in [-0.15, -0.1) is 0 Å². The maximum Gasteiger partial charge on any atom is 0.407 e. The molecule has 0 rings (SSSR count). The van der Waals surface area contributed by atoms with Crippen molar-refractivity contribution < 1.29 is 23.1 Å². The van der Waals surface area contributed by atoms with E-state index in [1.54, 1.807) is 20.8 Å². The summed E-state index contributed by atoms with van der Waals surface area (Å²) in [6.45, 7) is 4.08. The molecule has 0 bridgehead atoms. The summed E-state index contributed by atoms with van der Waals surface area (Å²) in [7, 11) is 0. The molecule has 0 aromatic carbocycles. The summed E-state index contributed by atoms with van der Waals surface area (Å²) < 4.78 is 30.7. The highest BCUT2D eigenvalue weighted by Crippen LogP contribution is 2.18. The average molecular weight is 237 g/mol. The monoisotopic (exact) mass is 237 g/mol. The van der Waals surface area contributed by atoms with Crippen LogP contribution in [0, 0.1) is 0 Å². The Kier molecular flexibility index (Phi) is 5.33. The molecular formula is C10H17F2NO3. The quantitative estimate of drug-likeness (QED) is 0.745. The van der Waals surface area contributed by atoms with E-state index in [-0.39, 0.29) is 6.42 Å². The van der Waals surface area contributed by atoms with Crippen LogP contribution in [0.3, 0.4) is 0 Å². The topological polar surface area (TPSA) is 55.4 Å². The van der Waals surface area contributed by atoms with Crippen LogP contribution >= 0.6 is 0 Å². The summed E-state index contributed by atoms with van der Waals surface area (Å²) in [4.78, 5) is 21.0. The Balaban J connectivity index is 3.95. The van der Waals surface area contributed by atoms with E-state index in [0.717, 1.165) is 0 Å². The highest BCUT2D eigenvalue weighted by molar-refractivity contribution is 5.67. The van der Waals surface area contributed by atoms with Crippen LogP contribution in [0.2, 0.25) is 0 Å². The summed E-state index contributed by atoms with van der Waals surface area (Å²) >= 11 is 0. The van der Waals surface area contributed by atoms with Crippen molar-refractivity contribution in [3.8, 4) is 0 Å². The lowest BCUT2D eigenvalue weighted by Gasteiger charge is -2.21. The van der Waals surface area contributed by atoms with Crippen molar-refractivity contribution >= 4 is 12.4 Å². The van der Waals surface area contributed by atoms with Crippen LogP contribution in [-0.4, -0.2) is 30.4 Å². The predicted octanol–water partition coefficient (Wildman–Crippen LogP) is 2.13. The molecule has 0 aliphatic heterocycles. The summed E-state index contributed by atoms with van der Waals surface area (Å²) in [5.74, 6) is -3.09. The fourth-order valence-corrected chi connectivity index (χ4v) is 0.874. The number of alkyl halides is 2. The first kappa shape index (κ1) is 14.8. The van der Waals surface area contributed by atoms with Gasteiger partial charge < -0.3 is 14.8 Å². The van der Waals surface area contributed by atoms with E-state index in [0.29, 0.717) is 6.29 Å². The van der Waals surface area contributed by atoms with Crippen molar-refractivity contribution in [2.75, 3.05) is 6.54 Å². The standard InChI is InChI=1S/C10H17F2NO3/c1-9(2,3)16-8(15)13-7-10(11,12)5-4-6-14/h6H,4-5,7H2,1-3H3,(H,13,15). The molecule has 94 valence electrons. The van der Waals surface area contributed by atoms with Crippen molar-refractivity contribution in [3.63, 3.8) is 0 Å². The average Bonchev–Trinajstić information content (AvgIpc) is 2.09. The van der Waals surface area contributed by atoms with Crippen molar-refractivity contribution in [3.05, 3.63) is 0 Å². The third kappa shape index (κ3) is 8.14. The predicted molar refractivity (Wildman–Crippen MR) is 54.5 cm³/mol. The first-order valence-electron chi connectivity index (χ1n) is 4.94. The van der Waals surface area contributed by atoms with Crippen molar-refractivity contribution in [1.29, 1.82) is 0 Å². The Hall–Kier alpha value is -1.20. The first-order valence-corrected chi connectivity index (χ1v) is 4.94. The van der Waals surface area contributed by atoms with Crippen molar-refractivity contribution in [2.45, 2.75) is 45.1 Å². The molecule has 6 heteroatoms. The number of ether oxygens (including phenoxy) is 1. The Morgan fingerprint density at radius 3 is 2.38 bits per heavy atom. The molecule has 0 heterocycles. The van der Waals surface area contributed by atoms with Crippen LogP contribution in [0.1, 0.15) is 33.6 Å². The van der Waals surface area contributed by atoms with Gasteiger partial charge in [-0.3, -0.25) is 0 Å². The number of halogens is 2. The number of aldehydes is 1.